The van der Waals surface area contributed by atoms with E-state index in [0.29, 0.717) is 0 Å². The molecule has 0 fully saturated rings. The SMILES string of the molecule is O=c1ccc(S(=O)(=O)[O-])ccc1O.[NH4+]. The number of hydrogen-bond donors (Lipinski definition) is 2. The standard InChI is InChI=1S/C7H6O5S.H3N/c8-6-3-1-5(13(10,11)12)2-4-7(6)9;/h1-4H,(H,8,9)(H,10,11,12);1H3. The molecule has 7 heteroatoms. The number of hydrogen-bond acceptors (Lipinski definition) is 5. The van der Waals surface area contributed by atoms with E-state index in [9.17, 15) is 17.8 Å². The summed E-state index contributed by atoms with van der Waals surface area (Å²) < 4.78 is 31.4. The smallest absolute Gasteiger partial charge is 0.220 e. The van der Waals surface area contributed by atoms with Crippen molar-refractivity contribution in [2.45, 2.75) is 4.90 Å². The highest BCUT2D eigenvalue weighted by molar-refractivity contribution is 7.85. The Bertz CT molecular complexity index is 482. The summed E-state index contributed by atoms with van der Waals surface area (Å²) in [5.74, 6) is -0.602. The molecular weight excluding hydrogens is 210 g/mol. The van der Waals surface area contributed by atoms with Crippen LogP contribution in [0.1, 0.15) is 0 Å². The van der Waals surface area contributed by atoms with Crippen molar-refractivity contribution in [3.8, 4) is 5.75 Å². The second-order valence-corrected chi connectivity index (χ2v) is 3.65. The maximum Gasteiger partial charge on any atom is 0.220 e. The van der Waals surface area contributed by atoms with Crippen LogP contribution >= 0.6 is 0 Å². The summed E-state index contributed by atoms with van der Waals surface area (Å²) in [4.78, 5) is 10.2. The Balaban J connectivity index is 0.00000169. The van der Waals surface area contributed by atoms with Gasteiger partial charge in [-0.3, -0.25) is 4.79 Å². The van der Waals surface area contributed by atoms with Gasteiger partial charge in [0.1, 0.15) is 10.1 Å². The van der Waals surface area contributed by atoms with Crippen molar-refractivity contribution >= 4 is 10.1 Å². The van der Waals surface area contributed by atoms with Crippen LogP contribution in [-0.4, -0.2) is 18.1 Å². The summed E-state index contributed by atoms with van der Waals surface area (Å²) in [5.41, 5.74) is -0.741. The van der Waals surface area contributed by atoms with Gasteiger partial charge in [0.25, 0.3) is 0 Å². The third-order valence-corrected chi connectivity index (χ3v) is 2.20. The number of rotatable bonds is 1. The van der Waals surface area contributed by atoms with Crippen LogP contribution in [0.2, 0.25) is 0 Å². The fourth-order valence-corrected chi connectivity index (χ4v) is 1.18. The largest absolute Gasteiger partial charge is 0.744 e. The fourth-order valence-electron chi connectivity index (χ4n) is 0.709. The Morgan fingerprint density at radius 2 is 1.64 bits per heavy atom. The molecule has 1 rings (SSSR count). The van der Waals surface area contributed by atoms with Gasteiger partial charge in [0, 0.05) is 0 Å². The minimum absolute atomic E-state index is 0. The summed E-state index contributed by atoms with van der Waals surface area (Å²) in [6, 6.07) is 3.41. The van der Waals surface area contributed by atoms with E-state index in [1.54, 1.807) is 0 Å². The average molecular weight is 219 g/mol. The summed E-state index contributed by atoms with van der Waals surface area (Å²) in [6.45, 7) is 0. The highest BCUT2D eigenvalue weighted by Crippen LogP contribution is 2.07. The highest BCUT2D eigenvalue weighted by Gasteiger charge is 1.99. The van der Waals surface area contributed by atoms with Crippen molar-refractivity contribution in [3.05, 3.63) is 34.5 Å². The Hall–Kier alpha value is -1.44. The molecule has 6 nitrogen and oxygen atoms in total. The Labute approximate surface area is 80.2 Å². The van der Waals surface area contributed by atoms with Crippen molar-refractivity contribution in [2.75, 3.05) is 0 Å². The van der Waals surface area contributed by atoms with Gasteiger partial charge in [0.15, 0.2) is 5.75 Å². The van der Waals surface area contributed by atoms with E-state index < -0.39 is 26.2 Å². The van der Waals surface area contributed by atoms with Crippen LogP contribution in [0.5, 0.6) is 5.75 Å². The van der Waals surface area contributed by atoms with E-state index >= 15 is 0 Å². The molecule has 0 bridgehead atoms. The zero-order valence-corrected chi connectivity index (χ0v) is 8.11. The molecule has 0 saturated heterocycles. The first kappa shape index (κ1) is 12.6. The molecular formula is C7H9NO5S. The molecule has 1 aromatic rings. The van der Waals surface area contributed by atoms with E-state index in [2.05, 4.69) is 0 Å². The average Bonchev–Trinajstić information content (AvgIpc) is 2.14. The molecule has 0 aliphatic rings. The first-order valence-electron chi connectivity index (χ1n) is 3.20. The summed E-state index contributed by atoms with van der Waals surface area (Å²) >= 11 is 0. The van der Waals surface area contributed by atoms with Gasteiger partial charge in [-0.25, -0.2) is 8.42 Å². The molecule has 0 atom stereocenters. The summed E-state index contributed by atoms with van der Waals surface area (Å²) in [7, 11) is -4.58. The Morgan fingerprint density at radius 1 is 1.14 bits per heavy atom. The van der Waals surface area contributed by atoms with Crippen molar-refractivity contribution in [1.29, 1.82) is 0 Å². The second-order valence-electron chi connectivity index (χ2n) is 2.27. The summed E-state index contributed by atoms with van der Waals surface area (Å²) in [5, 5.41) is 8.86. The van der Waals surface area contributed by atoms with Gasteiger partial charge < -0.3 is 15.8 Å². The topological polar surface area (TPSA) is 131 Å². The zero-order valence-electron chi connectivity index (χ0n) is 7.30. The molecule has 0 unspecified atom stereocenters. The van der Waals surface area contributed by atoms with Gasteiger partial charge in [0.05, 0.1) is 4.90 Å². The third-order valence-electron chi connectivity index (χ3n) is 1.35. The van der Waals surface area contributed by atoms with Crippen molar-refractivity contribution in [1.82, 2.24) is 6.15 Å². The molecule has 0 aliphatic carbocycles. The van der Waals surface area contributed by atoms with Gasteiger partial charge >= 0.3 is 0 Å². The minimum Gasteiger partial charge on any atom is -0.744 e. The number of quaternary nitrogens is 1. The molecule has 78 valence electrons. The van der Waals surface area contributed by atoms with E-state index in [4.69, 9.17) is 5.11 Å². The lowest BCUT2D eigenvalue weighted by atomic mass is 10.5. The van der Waals surface area contributed by atoms with Crippen LogP contribution < -0.4 is 11.6 Å². The quantitative estimate of drug-likeness (QED) is 0.643. The van der Waals surface area contributed by atoms with E-state index in [-0.39, 0.29) is 6.15 Å². The molecule has 5 N–H and O–H groups in total. The van der Waals surface area contributed by atoms with Crippen LogP contribution in [-0.2, 0) is 10.1 Å². The molecule has 0 aromatic heterocycles. The first-order chi connectivity index (χ1) is 5.91. The minimum atomic E-state index is -4.58. The second kappa shape index (κ2) is 4.18. The molecule has 0 saturated carbocycles. The fraction of sp³-hybridized carbons (Fsp3) is 0. The van der Waals surface area contributed by atoms with Crippen LogP contribution in [0.15, 0.2) is 34.0 Å². The van der Waals surface area contributed by atoms with Gasteiger partial charge in [-0.1, -0.05) is 0 Å². The van der Waals surface area contributed by atoms with Gasteiger partial charge in [-0.2, -0.15) is 0 Å². The van der Waals surface area contributed by atoms with Gasteiger partial charge in [-0.15, -0.1) is 0 Å². The summed E-state index contributed by atoms with van der Waals surface area (Å²) in [6.07, 6.45) is 0. The van der Waals surface area contributed by atoms with Crippen LogP contribution in [0.4, 0.5) is 0 Å². The molecule has 1 aromatic carbocycles. The van der Waals surface area contributed by atoms with Crippen LogP contribution in [0.25, 0.3) is 0 Å². The van der Waals surface area contributed by atoms with Crippen molar-refractivity contribution in [2.24, 2.45) is 0 Å². The molecule has 0 amide bonds. The normalized spacial score (nSPS) is 10.4. The molecule has 14 heavy (non-hydrogen) atoms. The van der Waals surface area contributed by atoms with Crippen LogP contribution in [0, 0.1) is 0 Å². The predicted octanol–water partition coefficient (Wildman–Crippen LogP) is 0.0327. The Kier molecular flexibility index (Phi) is 3.75. The Morgan fingerprint density at radius 3 is 2.14 bits per heavy atom. The molecule has 0 aliphatic heterocycles. The molecule has 0 spiro atoms. The highest BCUT2D eigenvalue weighted by atomic mass is 32.2. The lowest BCUT2D eigenvalue weighted by Gasteiger charge is -2.02. The van der Waals surface area contributed by atoms with E-state index in [0.717, 1.165) is 24.3 Å². The van der Waals surface area contributed by atoms with E-state index in [1.807, 2.05) is 0 Å². The predicted molar refractivity (Wildman–Crippen MR) is 48.3 cm³/mol. The zero-order chi connectivity index (χ0) is 10.1. The van der Waals surface area contributed by atoms with Gasteiger partial charge in [0.2, 0.25) is 5.43 Å². The maximum absolute atomic E-state index is 10.8. The molecule has 0 heterocycles. The lowest BCUT2D eigenvalue weighted by molar-refractivity contribution is 0.463. The van der Waals surface area contributed by atoms with Crippen molar-refractivity contribution < 1.29 is 18.1 Å². The lowest BCUT2D eigenvalue weighted by Crippen LogP contribution is -1.96. The number of aromatic hydroxyl groups is 1. The third kappa shape index (κ3) is 2.80. The van der Waals surface area contributed by atoms with Crippen molar-refractivity contribution in [3.63, 3.8) is 0 Å². The molecule has 0 radical (unpaired) electrons. The monoisotopic (exact) mass is 219 g/mol. The first-order valence-corrected chi connectivity index (χ1v) is 4.61. The van der Waals surface area contributed by atoms with Crippen LogP contribution in [0.3, 0.4) is 0 Å². The maximum atomic E-state index is 10.8. The van der Waals surface area contributed by atoms with E-state index in [1.165, 1.54) is 0 Å². The van der Waals surface area contributed by atoms with Gasteiger partial charge in [-0.05, 0) is 24.3 Å².